The van der Waals surface area contributed by atoms with E-state index >= 15 is 0 Å². The molecule has 0 fully saturated rings. The second-order valence-electron chi connectivity index (χ2n) is 7.40. The number of ether oxygens (including phenoxy) is 1. The molecule has 1 unspecified atom stereocenters. The molecule has 0 saturated heterocycles. The van der Waals surface area contributed by atoms with Crippen LogP contribution < -0.4 is 27.9 Å². The number of amides is 3. The quantitative estimate of drug-likeness (QED) is 0.308. The number of nitrogen functional groups attached to an aromatic ring is 1. The van der Waals surface area contributed by atoms with E-state index in [0.29, 0.717) is 5.56 Å². The number of nitrogens with two attached hydrogens (primary N) is 3. The summed E-state index contributed by atoms with van der Waals surface area (Å²) < 4.78 is 11.0. The van der Waals surface area contributed by atoms with Crippen molar-refractivity contribution in [2.75, 3.05) is 12.8 Å². The van der Waals surface area contributed by atoms with Crippen molar-refractivity contribution in [1.82, 2.24) is 10.3 Å². The van der Waals surface area contributed by atoms with Gasteiger partial charge >= 0.3 is 0 Å². The number of rotatable bonds is 6. The molecule has 168 valence electrons. The van der Waals surface area contributed by atoms with Crippen LogP contribution in [0.2, 0.25) is 0 Å². The Labute approximate surface area is 182 Å². The molecule has 0 bridgehead atoms. The molecule has 11 nitrogen and oxygen atoms in total. The largest absolute Gasteiger partial charge is 0.452 e. The monoisotopic (exact) mass is 441 g/mol. The van der Waals surface area contributed by atoms with Crippen molar-refractivity contribution in [2.24, 2.45) is 11.5 Å². The van der Waals surface area contributed by atoms with E-state index in [-0.39, 0.29) is 44.9 Å². The highest BCUT2D eigenvalue weighted by molar-refractivity contribution is 6.08. The number of aromatic nitrogens is 1. The van der Waals surface area contributed by atoms with Crippen LogP contribution in [0.3, 0.4) is 0 Å². The van der Waals surface area contributed by atoms with Gasteiger partial charge in [-0.2, -0.15) is 0 Å². The van der Waals surface area contributed by atoms with Crippen molar-refractivity contribution in [2.45, 2.75) is 32.9 Å². The molecule has 0 saturated carbocycles. The fourth-order valence-corrected chi connectivity index (χ4v) is 3.40. The van der Waals surface area contributed by atoms with E-state index in [9.17, 15) is 19.2 Å². The number of aryl methyl sites for hydroxylation is 1. The van der Waals surface area contributed by atoms with E-state index in [1.165, 1.54) is 20.1 Å². The smallest absolute Gasteiger partial charge is 0.254 e. The summed E-state index contributed by atoms with van der Waals surface area (Å²) in [6.45, 7) is 4.79. The number of carbonyl (C=O) groups excluding carboxylic acids is 3. The van der Waals surface area contributed by atoms with Gasteiger partial charge in [0.05, 0.1) is 22.9 Å². The molecule has 1 aromatic rings. The number of nitrogens with one attached hydrogen (secondary N) is 1. The number of benzene rings is 2. The number of carbonyl (C=O) groups is 3. The Bertz CT molecular complexity index is 1300. The van der Waals surface area contributed by atoms with Gasteiger partial charge in [0.25, 0.3) is 11.8 Å². The van der Waals surface area contributed by atoms with Gasteiger partial charge in [0.2, 0.25) is 11.3 Å². The highest BCUT2D eigenvalue weighted by Gasteiger charge is 2.29. The molecular weight excluding hydrogens is 418 g/mol. The number of nitrogens with zero attached hydrogens (tertiary/aromatic N) is 1. The first-order chi connectivity index (χ1) is 15.0. The van der Waals surface area contributed by atoms with E-state index in [4.69, 9.17) is 26.4 Å². The van der Waals surface area contributed by atoms with Crippen LogP contribution >= 0.6 is 0 Å². The van der Waals surface area contributed by atoms with Crippen molar-refractivity contribution in [3.63, 3.8) is 0 Å². The Morgan fingerprint density at radius 3 is 2.41 bits per heavy atom. The maximum Gasteiger partial charge on any atom is 0.254 e. The predicted octanol–water partition coefficient (Wildman–Crippen LogP) is 0.209. The second-order valence-corrected chi connectivity index (χ2v) is 7.40. The minimum atomic E-state index is -1.11. The minimum Gasteiger partial charge on any atom is -0.452 e. The first-order valence-electron chi connectivity index (χ1n) is 9.58. The average Bonchev–Trinajstić information content (AvgIpc) is 2.74. The van der Waals surface area contributed by atoms with Crippen LogP contribution in [0.25, 0.3) is 22.6 Å². The van der Waals surface area contributed by atoms with Crippen LogP contribution in [-0.4, -0.2) is 42.0 Å². The van der Waals surface area contributed by atoms with Gasteiger partial charge in [0, 0.05) is 12.7 Å². The summed E-state index contributed by atoms with van der Waals surface area (Å²) in [4.78, 5) is 53.7. The fourth-order valence-electron chi connectivity index (χ4n) is 3.40. The van der Waals surface area contributed by atoms with Gasteiger partial charge < -0.3 is 31.7 Å². The highest BCUT2D eigenvalue weighted by atomic mass is 16.5. The van der Waals surface area contributed by atoms with Gasteiger partial charge in [-0.05, 0) is 32.4 Å². The summed E-state index contributed by atoms with van der Waals surface area (Å²) in [5.41, 5.74) is 16.5. The third-order valence-corrected chi connectivity index (χ3v) is 5.33. The SMILES string of the molecule is CO[C@H](C)C(NC(=O)c1ccc(C)c2oc3c(C)c(=O)c(N)c(C(N)=O)c-3nc12)C(N)=O. The van der Waals surface area contributed by atoms with Crippen LogP contribution in [0.1, 0.15) is 38.8 Å². The van der Waals surface area contributed by atoms with E-state index in [1.54, 1.807) is 19.9 Å². The van der Waals surface area contributed by atoms with Gasteiger partial charge in [0.1, 0.15) is 17.3 Å². The molecule has 1 aliphatic heterocycles. The summed E-state index contributed by atoms with van der Waals surface area (Å²) in [5.74, 6) is -2.38. The Morgan fingerprint density at radius 1 is 1.19 bits per heavy atom. The molecule has 32 heavy (non-hydrogen) atoms. The number of primary amides is 2. The zero-order chi connectivity index (χ0) is 23.9. The van der Waals surface area contributed by atoms with Crippen molar-refractivity contribution >= 4 is 34.5 Å². The zero-order valence-electron chi connectivity index (χ0n) is 17.9. The zero-order valence-corrected chi connectivity index (χ0v) is 17.9. The number of anilines is 1. The summed E-state index contributed by atoms with van der Waals surface area (Å²) in [6, 6.07) is 2.00. The van der Waals surface area contributed by atoms with Crippen molar-refractivity contribution in [3.8, 4) is 11.5 Å². The first-order valence-corrected chi connectivity index (χ1v) is 9.58. The highest BCUT2D eigenvalue weighted by Crippen LogP contribution is 2.34. The normalized spacial score (nSPS) is 13.1. The number of methoxy groups -OCH3 is 1. The lowest BCUT2D eigenvalue weighted by atomic mass is 10.00. The molecule has 0 aromatic heterocycles. The van der Waals surface area contributed by atoms with E-state index in [1.807, 2.05) is 0 Å². The molecule has 7 N–H and O–H groups in total. The lowest BCUT2D eigenvalue weighted by Crippen LogP contribution is -2.51. The number of fused-ring (bicyclic) bond motifs is 2. The van der Waals surface area contributed by atoms with Crippen LogP contribution in [0.5, 0.6) is 0 Å². The lowest BCUT2D eigenvalue weighted by molar-refractivity contribution is -0.122. The summed E-state index contributed by atoms with van der Waals surface area (Å²) >= 11 is 0. The van der Waals surface area contributed by atoms with Crippen LogP contribution in [0.4, 0.5) is 5.69 Å². The third-order valence-electron chi connectivity index (χ3n) is 5.33. The van der Waals surface area contributed by atoms with E-state index in [2.05, 4.69) is 10.3 Å². The number of hydrogen-bond donors (Lipinski definition) is 4. The third kappa shape index (κ3) is 3.62. The van der Waals surface area contributed by atoms with E-state index in [0.717, 1.165) is 0 Å². The number of hydrogen-bond acceptors (Lipinski definition) is 8. The molecule has 0 spiro atoms. The molecule has 0 radical (unpaired) electrons. The van der Waals surface area contributed by atoms with Crippen molar-refractivity contribution in [1.29, 1.82) is 0 Å². The summed E-state index contributed by atoms with van der Waals surface area (Å²) in [6.07, 6.45) is -0.689. The van der Waals surface area contributed by atoms with Crippen molar-refractivity contribution in [3.05, 3.63) is 44.6 Å². The van der Waals surface area contributed by atoms with Gasteiger partial charge in [0.15, 0.2) is 11.3 Å². The van der Waals surface area contributed by atoms with Crippen LogP contribution in [0, 0.1) is 13.8 Å². The summed E-state index contributed by atoms with van der Waals surface area (Å²) in [5, 5.41) is 2.53. The molecule has 3 amide bonds. The van der Waals surface area contributed by atoms with Crippen LogP contribution in [0.15, 0.2) is 21.3 Å². The van der Waals surface area contributed by atoms with Crippen molar-refractivity contribution < 1.29 is 23.5 Å². The molecular formula is C21H23N5O6. The lowest BCUT2D eigenvalue weighted by Gasteiger charge is -2.21. The molecule has 2 aliphatic rings. The standard InChI is InChI=1S/C21H23N5O6/c1-7-5-6-10(21(30)26-13(20(24)29)9(3)31-4)14-17(7)32-18-8(2)16(27)12(22)11(19(23)28)15(18)25-14/h5-6,9,13H,22H2,1-4H3,(H2,23,28)(H2,24,29)(H,26,30)/t9-,13?/m1/s1. The Hall–Kier alpha value is -3.99. The average molecular weight is 441 g/mol. The van der Waals surface area contributed by atoms with Gasteiger partial charge in [-0.25, -0.2) is 4.98 Å². The van der Waals surface area contributed by atoms with Gasteiger partial charge in [-0.1, -0.05) is 6.07 Å². The fraction of sp³-hybridized carbons (Fsp3) is 0.286. The molecule has 1 aliphatic carbocycles. The second kappa shape index (κ2) is 8.27. The molecule has 1 aromatic carbocycles. The maximum atomic E-state index is 13.0. The minimum absolute atomic E-state index is 0.0363. The van der Waals surface area contributed by atoms with Crippen LogP contribution in [-0.2, 0) is 9.53 Å². The topological polar surface area (TPSA) is 194 Å². The Kier molecular flexibility index (Phi) is 5.86. The van der Waals surface area contributed by atoms with Gasteiger partial charge in [-0.15, -0.1) is 0 Å². The maximum absolute atomic E-state index is 13.0. The van der Waals surface area contributed by atoms with E-state index < -0.39 is 35.3 Å². The Morgan fingerprint density at radius 2 is 1.84 bits per heavy atom. The molecule has 2 atom stereocenters. The Balaban J connectivity index is 2.31. The first kappa shape index (κ1) is 22.7. The van der Waals surface area contributed by atoms with Gasteiger partial charge in [-0.3, -0.25) is 19.2 Å². The predicted molar refractivity (Wildman–Crippen MR) is 116 cm³/mol. The molecule has 11 heteroatoms. The molecule has 3 rings (SSSR count). The summed E-state index contributed by atoms with van der Waals surface area (Å²) in [7, 11) is 1.38. The molecule has 1 heterocycles.